The fourth-order valence-corrected chi connectivity index (χ4v) is 3.87. The molecule has 1 aliphatic rings. The van der Waals surface area contributed by atoms with Crippen molar-refractivity contribution in [3.05, 3.63) is 46.7 Å². The Morgan fingerprint density at radius 3 is 2.82 bits per heavy atom. The van der Waals surface area contributed by atoms with E-state index in [9.17, 15) is 0 Å². The zero-order valence-corrected chi connectivity index (χ0v) is 13.1. The van der Waals surface area contributed by atoms with Crippen LogP contribution in [0.15, 0.2) is 45.5 Å². The SMILES string of the molecule is c1ccc2oc(NCC3(c4ccsc4)CCOCC3)nc2c1. The van der Waals surface area contributed by atoms with Crippen molar-refractivity contribution >= 4 is 28.5 Å². The van der Waals surface area contributed by atoms with Crippen molar-refractivity contribution in [3.63, 3.8) is 0 Å². The first-order valence-electron chi connectivity index (χ1n) is 7.56. The molecule has 0 radical (unpaired) electrons. The van der Waals surface area contributed by atoms with Gasteiger partial charge < -0.3 is 14.5 Å². The van der Waals surface area contributed by atoms with Crippen LogP contribution in [0.2, 0.25) is 0 Å². The lowest BCUT2D eigenvalue weighted by Crippen LogP contribution is -2.39. The number of hydrogen-bond acceptors (Lipinski definition) is 5. The van der Waals surface area contributed by atoms with E-state index in [4.69, 9.17) is 9.15 Å². The number of rotatable bonds is 4. The van der Waals surface area contributed by atoms with Crippen LogP contribution >= 0.6 is 11.3 Å². The molecule has 2 aromatic heterocycles. The zero-order chi connectivity index (χ0) is 14.8. The van der Waals surface area contributed by atoms with Gasteiger partial charge in [0.05, 0.1) is 0 Å². The van der Waals surface area contributed by atoms with Crippen molar-refractivity contribution in [1.29, 1.82) is 0 Å². The summed E-state index contributed by atoms with van der Waals surface area (Å²) in [7, 11) is 0. The molecular formula is C17H18N2O2S. The molecule has 0 spiro atoms. The van der Waals surface area contributed by atoms with Crippen LogP contribution in [-0.2, 0) is 10.2 Å². The molecule has 5 heteroatoms. The number of anilines is 1. The smallest absolute Gasteiger partial charge is 0.295 e. The lowest BCUT2D eigenvalue weighted by molar-refractivity contribution is 0.0543. The molecule has 22 heavy (non-hydrogen) atoms. The molecule has 0 bridgehead atoms. The van der Waals surface area contributed by atoms with Gasteiger partial charge in [-0.1, -0.05) is 12.1 Å². The monoisotopic (exact) mass is 314 g/mol. The summed E-state index contributed by atoms with van der Waals surface area (Å²) in [5, 5.41) is 7.80. The molecule has 0 unspecified atom stereocenters. The molecule has 3 heterocycles. The normalized spacial score (nSPS) is 17.6. The summed E-state index contributed by atoms with van der Waals surface area (Å²) in [6, 6.07) is 10.7. The van der Waals surface area contributed by atoms with E-state index in [-0.39, 0.29) is 5.41 Å². The van der Waals surface area contributed by atoms with Crippen LogP contribution in [0, 0.1) is 0 Å². The van der Waals surface area contributed by atoms with Crippen LogP contribution in [0.5, 0.6) is 0 Å². The average Bonchev–Trinajstić information content (AvgIpc) is 3.23. The maximum absolute atomic E-state index is 5.77. The van der Waals surface area contributed by atoms with E-state index in [0.29, 0.717) is 6.01 Å². The van der Waals surface area contributed by atoms with Crippen LogP contribution < -0.4 is 5.32 Å². The molecule has 0 atom stereocenters. The molecule has 3 aromatic rings. The van der Waals surface area contributed by atoms with Crippen molar-refractivity contribution in [2.75, 3.05) is 25.1 Å². The summed E-state index contributed by atoms with van der Waals surface area (Å²) in [5.41, 5.74) is 3.21. The fourth-order valence-electron chi connectivity index (χ4n) is 3.09. The van der Waals surface area contributed by atoms with Crippen LogP contribution in [0.1, 0.15) is 18.4 Å². The van der Waals surface area contributed by atoms with E-state index in [2.05, 4.69) is 27.1 Å². The summed E-state index contributed by atoms with van der Waals surface area (Å²) in [6.45, 7) is 2.44. The van der Waals surface area contributed by atoms with E-state index < -0.39 is 0 Å². The highest BCUT2D eigenvalue weighted by atomic mass is 32.1. The molecule has 1 aliphatic heterocycles. The van der Waals surface area contributed by atoms with Gasteiger partial charge in [0.1, 0.15) is 5.52 Å². The van der Waals surface area contributed by atoms with E-state index in [1.807, 2.05) is 24.3 Å². The van der Waals surface area contributed by atoms with Crippen molar-refractivity contribution in [2.24, 2.45) is 0 Å². The number of nitrogens with one attached hydrogen (secondary N) is 1. The van der Waals surface area contributed by atoms with Gasteiger partial charge in [0, 0.05) is 25.2 Å². The number of aromatic nitrogens is 1. The number of para-hydroxylation sites is 2. The summed E-state index contributed by atoms with van der Waals surface area (Å²) in [5.74, 6) is 0. The Hall–Kier alpha value is -1.85. The third-order valence-corrected chi connectivity index (χ3v) is 5.14. The first-order valence-corrected chi connectivity index (χ1v) is 8.50. The maximum Gasteiger partial charge on any atom is 0.295 e. The first kappa shape index (κ1) is 13.8. The minimum absolute atomic E-state index is 0.110. The highest BCUT2D eigenvalue weighted by Gasteiger charge is 2.35. The quantitative estimate of drug-likeness (QED) is 0.789. The Balaban J connectivity index is 1.57. The highest BCUT2D eigenvalue weighted by molar-refractivity contribution is 7.08. The van der Waals surface area contributed by atoms with Gasteiger partial charge in [-0.15, -0.1) is 0 Å². The van der Waals surface area contributed by atoms with Gasteiger partial charge in [-0.2, -0.15) is 16.3 Å². The molecule has 1 aromatic carbocycles. The molecule has 4 nitrogen and oxygen atoms in total. The number of oxazole rings is 1. The number of ether oxygens (including phenoxy) is 1. The van der Waals surface area contributed by atoms with Crippen LogP contribution in [0.4, 0.5) is 6.01 Å². The number of hydrogen-bond donors (Lipinski definition) is 1. The average molecular weight is 314 g/mol. The second-order valence-corrected chi connectivity index (χ2v) is 6.53. The number of benzene rings is 1. The van der Waals surface area contributed by atoms with E-state index >= 15 is 0 Å². The molecule has 114 valence electrons. The predicted octanol–water partition coefficient (Wildman–Crippen LogP) is 4.05. The van der Waals surface area contributed by atoms with Crippen molar-refractivity contribution in [1.82, 2.24) is 4.98 Å². The van der Waals surface area contributed by atoms with Crippen LogP contribution in [-0.4, -0.2) is 24.7 Å². The Bertz CT molecular complexity index is 712. The maximum atomic E-state index is 5.77. The van der Waals surface area contributed by atoms with Crippen LogP contribution in [0.3, 0.4) is 0 Å². The second kappa shape index (κ2) is 5.74. The molecular weight excluding hydrogens is 296 g/mol. The molecule has 0 saturated carbocycles. The number of thiophene rings is 1. The number of fused-ring (bicyclic) bond motifs is 1. The minimum atomic E-state index is 0.110. The van der Waals surface area contributed by atoms with Gasteiger partial charge in [0.25, 0.3) is 6.01 Å². The summed E-state index contributed by atoms with van der Waals surface area (Å²) in [6.07, 6.45) is 2.05. The largest absolute Gasteiger partial charge is 0.424 e. The summed E-state index contributed by atoms with van der Waals surface area (Å²) >= 11 is 1.75. The third-order valence-electron chi connectivity index (χ3n) is 4.46. The van der Waals surface area contributed by atoms with Crippen molar-refractivity contribution < 1.29 is 9.15 Å². The Kier molecular flexibility index (Phi) is 3.60. The van der Waals surface area contributed by atoms with Gasteiger partial charge >= 0.3 is 0 Å². The topological polar surface area (TPSA) is 47.3 Å². The molecule has 1 saturated heterocycles. The third kappa shape index (κ3) is 2.51. The van der Waals surface area contributed by atoms with Crippen LogP contribution in [0.25, 0.3) is 11.1 Å². The predicted molar refractivity (Wildman–Crippen MR) is 88.5 cm³/mol. The molecule has 0 amide bonds. The van der Waals surface area contributed by atoms with E-state index in [1.165, 1.54) is 5.56 Å². The van der Waals surface area contributed by atoms with Gasteiger partial charge in [-0.3, -0.25) is 0 Å². The molecule has 4 rings (SSSR count). The Labute approximate surface area is 133 Å². The Morgan fingerprint density at radius 2 is 2.05 bits per heavy atom. The van der Waals surface area contributed by atoms with E-state index in [0.717, 1.165) is 43.7 Å². The van der Waals surface area contributed by atoms with Gasteiger partial charge in [0.2, 0.25) is 0 Å². The van der Waals surface area contributed by atoms with E-state index in [1.54, 1.807) is 11.3 Å². The Morgan fingerprint density at radius 1 is 1.18 bits per heavy atom. The first-order chi connectivity index (χ1) is 10.9. The standard InChI is InChI=1S/C17H18N2O2S/c1-2-4-15-14(3-1)19-16(21-15)18-12-17(6-8-20-9-7-17)13-5-10-22-11-13/h1-5,10-11H,6-9,12H2,(H,18,19). The molecule has 0 aliphatic carbocycles. The second-order valence-electron chi connectivity index (χ2n) is 5.75. The summed E-state index contributed by atoms with van der Waals surface area (Å²) < 4.78 is 11.3. The lowest BCUT2D eigenvalue weighted by Gasteiger charge is -2.36. The summed E-state index contributed by atoms with van der Waals surface area (Å²) in [4.78, 5) is 4.50. The highest BCUT2D eigenvalue weighted by Crippen LogP contribution is 2.36. The van der Waals surface area contributed by atoms with Crippen molar-refractivity contribution in [2.45, 2.75) is 18.3 Å². The number of nitrogens with zero attached hydrogens (tertiary/aromatic N) is 1. The zero-order valence-electron chi connectivity index (χ0n) is 12.2. The molecule has 1 fully saturated rings. The lowest BCUT2D eigenvalue weighted by atomic mass is 9.75. The van der Waals surface area contributed by atoms with Gasteiger partial charge in [0.15, 0.2) is 5.58 Å². The fraction of sp³-hybridized carbons (Fsp3) is 0.353. The van der Waals surface area contributed by atoms with Crippen molar-refractivity contribution in [3.8, 4) is 0 Å². The molecule has 1 N–H and O–H groups in total. The minimum Gasteiger partial charge on any atom is -0.424 e. The van der Waals surface area contributed by atoms with Gasteiger partial charge in [-0.05, 0) is 47.4 Å². The van der Waals surface area contributed by atoms with Gasteiger partial charge in [-0.25, -0.2) is 0 Å².